The highest BCUT2D eigenvalue weighted by atomic mass is 15.1. The minimum absolute atomic E-state index is 1.09. The first kappa shape index (κ1) is 36.5. The van der Waals surface area contributed by atoms with E-state index in [-0.39, 0.29) is 0 Å². The van der Waals surface area contributed by atoms with Gasteiger partial charge in [0, 0.05) is 50.0 Å². The molecular formula is C60H41N3. The SMILES string of the molecule is c1ccc(-c2ccc(N(c3ccc(-c4ccc5c(c4)c4ccccc4n5-c4ccc(-c5ccccc5)cc4)cc3)c3ccc4c5ccccc5n(-c5ccccc5)c4c3)cc2)cc1. The average Bonchev–Trinajstić information content (AvgIpc) is 3.87. The highest BCUT2D eigenvalue weighted by molar-refractivity contribution is 6.11. The maximum Gasteiger partial charge on any atom is 0.0561 e. The number of anilines is 3. The van der Waals surface area contributed by atoms with Crippen LogP contribution in [0.5, 0.6) is 0 Å². The fourth-order valence-corrected chi connectivity index (χ4v) is 9.50. The van der Waals surface area contributed by atoms with E-state index < -0.39 is 0 Å². The third-order valence-electron chi connectivity index (χ3n) is 12.5. The zero-order chi connectivity index (χ0) is 41.7. The molecule has 0 bridgehead atoms. The third kappa shape index (κ3) is 6.38. The van der Waals surface area contributed by atoms with E-state index in [9.17, 15) is 0 Å². The predicted octanol–water partition coefficient (Wildman–Crippen LogP) is 16.4. The van der Waals surface area contributed by atoms with Crippen LogP contribution >= 0.6 is 0 Å². The van der Waals surface area contributed by atoms with Gasteiger partial charge in [-0.05, 0) is 118 Å². The maximum absolute atomic E-state index is 2.39. The van der Waals surface area contributed by atoms with E-state index in [1.807, 2.05) is 0 Å². The van der Waals surface area contributed by atoms with Crippen LogP contribution in [0.25, 0.3) is 88.4 Å². The Morgan fingerprint density at radius 1 is 0.222 bits per heavy atom. The number of benzene rings is 10. The van der Waals surface area contributed by atoms with E-state index in [0.29, 0.717) is 0 Å². The first-order valence-corrected chi connectivity index (χ1v) is 21.6. The van der Waals surface area contributed by atoms with Gasteiger partial charge in [-0.3, -0.25) is 0 Å². The summed E-state index contributed by atoms with van der Waals surface area (Å²) in [7, 11) is 0. The Bertz CT molecular complexity index is 3570. The van der Waals surface area contributed by atoms with Gasteiger partial charge in [0.25, 0.3) is 0 Å². The van der Waals surface area contributed by atoms with Crippen LogP contribution in [-0.2, 0) is 0 Å². The van der Waals surface area contributed by atoms with Crippen molar-refractivity contribution >= 4 is 60.7 Å². The second-order valence-corrected chi connectivity index (χ2v) is 16.2. The summed E-state index contributed by atoms with van der Waals surface area (Å²) < 4.78 is 4.78. The Morgan fingerprint density at radius 3 is 1.19 bits per heavy atom. The van der Waals surface area contributed by atoms with Crippen molar-refractivity contribution in [3.63, 3.8) is 0 Å². The molecule has 0 aliphatic rings. The number of fused-ring (bicyclic) bond motifs is 6. The van der Waals surface area contributed by atoms with Gasteiger partial charge in [0.2, 0.25) is 0 Å². The monoisotopic (exact) mass is 803 g/mol. The van der Waals surface area contributed by atoms with Gasteiger partial charge in [-0.2, -0.15) is 0 Å². The highest BCUT2D eigenvalue weighted by Crippen LogP contribution is 2.42. The lowest BCUT2D eigenvalue weighted by Gasteiger charge is -2.26. The molecule has 0 spiro atoms. The fraction of sp³-hybridized carbons (Fsp3) is 0. The minimum atomic E-state index is 1.09. The molecule has 0 radical (unpaired) electrons. The van der Waals surface area contributed by atoms with Gasteiger partial charge in [0.1, 0.15) is 0 Å². The molecular weight excluding hydrogens is 763 g/mol. The fourth-order valence-electron chi connectivity index (χ4n) is 9.50. The number of rotatable bonds is 8. The van der Waals surface area contributed by atoms with E-state index in [4.69, 9.17) is 0 Å². The van der Waals surface area contributed by atoms with Crippen molar-refractivity contribution in [2.24, 2.45) is 0 Å². The van der Waals surface area contributed by atoms with Crippen LogP contribution in [0.3, 0.4) is 0 Å². The number of aromatic nitrogens is 2. The number of hydrogen-bond donors (Lipinski definition) is 0. The third-order valence-corrected chi connectivity index (χ3v) is 12.5. The molecule has 0 aliphatic heterocycles. The normalized spacial score (nSPS) is 11.5. The van der Waals surface area contributed by atoms with Gasteiger partial charge in [0.05, 0.1) is 22.1 Å². The van der Waals surface area contributed by atoms with E-state index in [1.54, 1.807) is 0 Å². The van der Waals surface area contributed by atoms with Gasteiger partial charge >= 0.3 is 0 Å². The lowest BCUT2D eigenvalue weighted by atomic mass is 10.0. The molecule has 12 aromatic rings. The van der Waals surface area contributed by atoms with E-state index in [0.717, 1.165) is 28.4 Å². The molecule has 10 aromatic carbocycles. The van der Waals surface area contributed by atoms with E-state index in [2.05, 4.69) is 263 Å². The Balaban J connectivity index is 0.956. The topological polar surface area (TPSA) is 13.1 Å². The van der Waals surface area contributed by atoms with Gasteiger partial charge < -0.3 is 14.0 Å². The van der Waals surface area contributed by atoms with Gasteiger partial charge in [0.15, 0.2) is 0 Å². The molecule has 0 saturated carbocycles. The molecule has 63 heavy (non-hydrogen) atoms. The Hall–Kier alpha value is -8.40. The summed E-state index contributed by atoms with van der Waals surface area (Å²) in [6.45, 7) is 0. The number of hydrogen-bond acceptors (Lipinski definition) is 1. The molecule has 0 N–H and O–H groups in total. The lowest BCUT2D eigenvalue weighted by molar-refractivity contribution is 1.18. The van der Waals surface area contributed by atoms with Crippen molar-refractivity contribution in [3.05, 3.63) is 249 Å². The summed E-state index contributed by atoms with van der Waals surface area (Å²) in [4.78, 5) is 2.38. The van der Waals surface area contributed by atoms with Crippen LogP contribution in [0, 0.1) is 0 Å². The summed E-state index contributed by atoms with van der Waals surface area (Å²) in [5, 5.41) is 4.95. The average molecular weight is 804 g/mol. The molecule has 3 nitrogen and oxygen atoms in total. The van der Waals surface area contributed by atoms with Gasteiger partial charge in [-0.15, -0.1) is 0 Å². The van der Waals surface area contributed by atoms with Crippen LogP contribution in [0.4, 0.5) is 17.1 Å². The van der Waals surface area contributed by atoms with Crippen LogP contribution in [0.15, 0.2) is 249 Å². The first-order chi connectivity index (χ1) is 31.2. The molecule has 0 aliphatic carbocycles. The zero-order valence-electron chi connectivity index (χ0n) is 34.5. The van der Waals surface area contributed by atoms with Crippen molar-refractivity contribution in [1.82, 2.24) is 9.13 Å². The van der Waals surface area contributed by atoms with Crippen LogP contribution in [0.2, 0.25) is 0 Å². The Morgan fingerprint density at radius 2 is 0.603 bits per heavy atom. The smallest absolute Gasteiger partial charge is 0.0561 e. The molecule has 0 amide bonds. The molecule has 0 unspecified atom stereocenters. The zero-order valence-corrected chi connectivity index (χ0v) is 34.5. The number of para-hydroxylation sites is 3. The van der Waals surface area contributed by atoms with Crippen molar-refractivity contribution < 1.29 is 0 Å². The van der Waals surface area contributed by atoms with E-state index in [1.165, 1.54) is 77.0 Å². The first-order valence-electron chi connectivity index (χ1n) is 21.6. The standard InChI is InChI=1S/C60H41N3/c1-4-14-42(15-5-1)44-24-31-49(32-25-44)61(52-37-38-55-53-20-10-12-22-57(53)63(60(55)41-52)48-18-8-3-9-19-48)50-33-28-46(29-34-50)47-30-39-59-56(40-47)54-21-11-13-23-58(54)62(59)51-35-26-45(27-36-51)43-16-6-2-7-17-43/h1-41H. The molecule has 12 rings (SSSR count). The highest BCUT2D eigenvalue weighted by Gasteiger charge is 2.19. The van der Waals surface area contributed by atoms with Crippen molar-refractivity contribution in [3.8, 4) is 44.8 Å². The maximum atomic E-state index is 2.39. The molecule has 296 valence electrons. The molecule has 2 heterocycles. The summed E-state index contributed by atoms with van der Waals surface area (Å²) in [5.74, 6) is 0. The van der Waals surface area contributed by atoms with Crippen LogP contribution in [0.1, 0.15) is 0 Å². The summed E-state index contributed by atoms with van der Waals surface area (Å²) in [6.07, 6.45) is 0. The predicted molar refractivity (Wildman–Crippen MR) is 266 cm³/mol. The number of nitrogens with zero attached hydrogens (tertiary/aromatic N) is 3. The van der Waals surface area contributed by atoms with Crippen molar-refractivity contribution in [2.45, 2.75) is 0 Å². The molecule has 3 heteroatoms. The van der Waals surface area contributed by atoms with Gasteiger partial charge in [-0.25, -0.2) is 0 Å². The molecule has 0 saturated heterocycles. The van der Waals surface area contributed by atoms with Crippen molar-refractivity contribution in [1.29, 1.82) is 0 Å². The largest absolute Gasteiger partial charge is 0.310 e. The molecule has 0 atom stereocenters. The molecule has 2 aromatic heterocycles. The van der Waals surface area contributed by atoms with Crippen molar-refractivity contribution in [2.75, 3.05) is 4.90 Å². The quantitative estimate of drug-likeness (QED) is 0.149. The summed E-state index contributed by atoms with van der Waals surface area (Å²) >= 11 is 0. The summed E-state index contributed by atoms with van der Waals surface area (Å²) in [5.41, 5.74) is 17.5. The Labute approximate surface area is 366 Å². The Kier molecular flexibility index (Phi) is 8.83. The molecule has 0 fully saturated rings. The van der Waals surface area contributed by atoms with Crippen LogP contribution in [-0.4, -0.2) is 9.13 Å². The second kappa shape index (κ2) is 15.3. The lowest BCUT2D eigenvalue weighted by Crippen LogP contribution is -2.10. The minimum Gasteiger partial charge on any atom is -0.310 e. The van der Waals surface area contributed by atoms with Gasteiger partial charge in [-0.1, -0.05) is 164 Å². The summed E-state index contributed by atoms with van der Waals surface area (Å²) in [6, 6.07) is 90.1. The second-order valence-electron chi connectivity index (χ2n) is 16.2. The van der Waals surface area contributed by atoms with E-state index >= 15 is 0 Å². The van der Waals surface area contributed by atoms with Crippen LogP contribution < -0.4 is 4.90 Å².